The predicted molar refractivity (Wildman–Crippen MR) is 87.8 cm³/mol. The summed E-state index contributed by atoms with van der Waals surface area (Å²) in [5.41, 5.74) is 8.00. The third kappa shape index (κ3) is 2.49. The number of fused-ring (bicyclic) bond motifs is 3. The second-order valence-corrected chi connectivity index (χ2v) is 8.82. The molecule has 0 amide bonds. The van der Waals surface area contributed by atoms with Crippen LogP contribution in [0.1, 0.15) is 65.7 Å². The lowest BCUT2D eigenvalue weighted by molar-refractivity contribution is -0.118. The van der Waals surface area contributed by atoms with E-state index in [-0.39, 0.29) is 6.10 Å². The number of allylic oxidation sites excluding steroid dienone is 1. The zero-order valence-electron chi connectivity index (χ0n) is 14.1. The van der Waals surface area contributed by atoms with Crippen molar-refractivity contribution in [2.45, 2.75) is 71.8 Å². The fourth-order valence-electron chi connectivity index (χ4n) is 6.25. The van der Waals surface area contributed by atoms with E-state index in [0.29, 0.717) is 29.2 Å². The van der Waals surface area contributed by atoms with Crippen LogP contribution in [0.2, 0.25) is 0 Å². The molecular formula is C19H33NO. The normalized spacial score (nSPS) is 46.0. The first-order chi connectivity index (χ1) is 9.88. The summed E-state index contributed by atoms with van der Waals surface area (Å²) < 4.78 is 0. The van der Waals surface area contributed by atoms with E-state index in [9.17, 15) is 5.11 Å². The molecule has 0 aliphatic heterocycles. The number of hydrogen-bond acceptors (Lipinski definition) is 2. The molecule has 0 saturated heterocycles. The van der Waals surface area contributed by atoms with Gasteiger partial charge in [0.1, 0.15) is 0 Å². The first-order valence-corrected chi connectivity index (χ1v) is 8.94. The Labute approximate surface area is 130 Å². The number of hydrogen-bond donors (Lipinski definition) is 2. The van der Waals surface area contributed by atoms with Crippen LogP contribution in [0.4, 0.5) is 0 Å². The quantitative estimate of drug-likeness (QED) is 0.720. The van der Waals surface area contributed by atoms with Gasteiger partial charge in [-0.25, -0.2) is 0 Å². The third-order valence-electron chi connectivity index (χ3n) is 7.32. The summed E-state index contributed by atoms with van der Waals surface area (Å²) in [6, 6.07) is 0. The van der Waals surface area contributed by atoms with Crippen LogP contribution in [-0.2, 0) is 0 Å². The Morgan fingerprint density at radius 3 is 2.71 bits per heavy atom. The molecule has 120 valence electrons. The van der Waals surface area contributed by atoms with Gasteiger partial charge in [-0.05, 0) is 67.1 Å². The van der Waals surface area contributed by atoms with Gasteiger partial charge in [-0.1, -0.05) is 38.8 Å². The Kier molecular flexibility index (Phi) is 3.99. The molecular weight excluding hydrogens is 258 g/mol. The maximum Gasteiger partial charge on any atom is 0.0608 e. The standard InChI is InChI=1S/C19H33NO/c1-18(2)9-4-10-19(3)15-7-5-13(12-20)11-16(21)14(15)6-8-17(18)19/h5,14-17,21H,4,6-12,20H2,1-3H3. The van der Waals surface area contributed by atoms with Gasteiger partial charge in [0.05, 0.1) is 6.10 Å². The molecule has 3 rings (SSSR count). The summed E-state index contributed by atoms with van der Waals surface area (Å²) >= 11 is 0. The molecule has 0 aromatic carbocycles. The largest absolute Gasteiger partial charge is 0.392 e. The Bertz CT molecular complexity index is 427. The van der Waals surface area contributed by atoms with Crippen LogP contribution in [0.5, 0.6) is 0 Å². The van der Waals surface area contributed by atoms with E-state index in [4.69, 9.17) is 5.73 Å². The first-order valence-electron chi connectivity index (χ1n) is 8.94. The fourth-order valence-corrected chi connectivity index (χ4v) is 6.25. The van der Waals surface area contributed by atoms with E-state index in [0.717, 1.165) is 18.8 Å². The molecule has 0 radical (unpaired) electrons. The Hall–Kier alpha value is -0.340. The predicted octanol–water partition coefficient (Wildman–Crippen LogP) is 3.89. The molecule has 5 unspecified atom stereocenters. The van der Waals surface area contributed by atoms with Crippen LogP contribution in [0.25, 0.3) is 0 Å². The molecule has 3 N–H and O–H groups in total. The molecule has 2 fully saturated rings. The summed E-state index contributed by atoms with van der Waals surface area (Å²) in [4.78, 5) is 0. The van der Waals surface area contributed by atoms with Crippen LogP contribution < -0.4 is 5.73 Å². The lowest BCUT2D eigenvalue weighted by Crippen LogP contribution is -2.53. The number of aliphatic hydroxyl groups is 1. The molecule has 0 spiro atoms. The van der Waals surface area contributed by atoms with Gasteiger partial charge in [0.15, 0.2) is 0 Å². The zero-order chi connectivity index (χ0) is 15.3. The molecule has 0 bridgehead atoms. The first kappa shape index (κ1) is 15.6. The van der Waals surface area contributed by atoms with E-state index in [1.165, 1.54) is 37.7 Å². The lowest BCUT2D eigenvalue weighted by Gasteiger charge is -2.59. The minimum Gasteiger partial charge on any atom is -0.392 e. The van der Waals surface area contributed by atoms with Gasteiger partial charge in [0, 0.05) is 6.54 Å². The maximum atomic E-state index is 10.7. The van der Waals surface area contributed by atoms with Crippen LogP contribution in [0.3, 0.4) is 0 Å². The highest BCUT2D eigenvalue weighted by Gasteiger charge is 2.55. The Morgan fingerprint density at radius 2 is 2.00 bits per heavy atom. The van der Waals surface area contributed by atoms with Gasteiger partial charge in [-0.2, -0.15) is 0 Å². The van der Waals surface area contributed by atoms with Crippen molar-refractivity contribution in [3.05, 3.63) is 11.6 Å². The summed E-state index contributed by atoms with van der Waals surface area (Å²) in [7, 11) is 0. The molecule has 0 aromatic rings. The molecule has 3 aliphatic carbocycles. The average molecular weight is 291 g/mol. The highest BCUT2D eigenvalue weighted by atomic mass is 16.3. The third-order valence-corrected chi connectivity index (χ3v) is 7.32. The molecule has 2 heteroatoms. The van der Waals surface area contributed by atoms with E-state index in [2.05, 4.69) is 26.8 Å². The van der Waals surface area contributed by atoms with Crippen LogP contribution in [-0.4, -0.2) is 17.8 Å². The summed E-state index contributed by atoms with van der Waals surface area (Å²) in [6.45, 7) is 8.10. The van der Waals surface area contributed by atoms with E-state index in [1.807, 2.05) is 0 Å². The minimum atomic E-state index is -0.171. The highest BCUT2D eigenvalue weighted by Crippen LogP contribution is 2.62. The van der Waals surface area contributed by atoms with Crippen molar-refractivity contribution in [3.63, 3.8) is 0 Å². The molecule has 2 nitrogen and oxygen atoms in total. The Morgan fingerprint density at radius 1 is 1.24 bits per heavy atom. The van der Waals surface area contributed by atoms with Crippen molar-refractivity contribution in [2.75, 3.05) is 6.54 Å². The van der Waals surface area contributed by atoms with E-state index in [1.54, 1.807) is 0 Å². The summed E-state index contributed by atoms with van der Waals surface area (Å²) in [6.07, 6.45) is 10.7. The number of nitrogens with two attached hydrogens (primary N) is 1. The minimum absolute atomic E-state index is 0.171. The average Bonchev–Trinajstić information content (AvgIpc) is 2.58. The van der Waals surface area contributed by atoms with Gasteiger partial charge < -0.3 is 10.8 Å². The van der Waals surface area contributed by atoms with Gasteiger partial charge in [-0.3, -0.25) is 0 Å². The summed E-state index contributed by atoms with van der Waals surface area (Å²) in [5.74, 6) is 1.95. The van der Waals surface area contributed by atoms with Gasteiger partial charge in [-0.15, -0.1) is 0 Å². The van der Waals surface area contributed by atoms with Crippen LogP contribution in [0.15, 0.2) is 11.6 Å². The zero-order valence-corrected chi connectivity index (χ0v) is 14.1. The van der Waals surface area contributed by atoms with Crippen molar-refractivity contribution in [1.82, 2.24) is 0 Å². The van der Waals surface area contributed by atoms with Gasteiger partial charge in [0.25, 0.3) is 0 Å². The van der Waals surface area contributed by atoms with Crippen molar-refractivity contribution in [3.8, 4) is 0 Å². The maximum absolute atomic E-state index is 10.7. The molecule has 21 heavy (non-hydrogen) atoms. The highest BCUT2D eigenvalue weighted by molar-refractivity contribution is 5.14. The van der Waals surface area contributed by atoms with Gasteiger partial charge >= 0.3 is 0 Å². The molecule has 0 heterocycles. The summed E-state index contributed by atoms with van der Waals surface area (Å²) in [5, 5.41) is 10.7. The van der Waals surface area contributed by atoms with Crippen LogP contribution >= 0.6 is 0 Å². The van der Waals surface area contributed by atoms with E-state index >= 15 is 0 Å². The SMILES string of the molecule is CC1(C)CCCC2(C)C3CC=C(CN)CC(O)C3CCC12. The molecule has 2 saturated carbocycles. The second-order valence-electron chi connectivity index (χ2n) is 8.82. The van der Waals surface area contributed by atoms with E-state index < -0.39 is 0 Å². The Balaban J connectivity index is 1.94. The topological polar surface area (TPSA) is 46.2 Å². The smallest absolute Gasteiger partial charge is 0.0608 e. The lowest BCUT2D eigenvalue weighted by atomic mass is 9.45. The van der Waals surface area contributed by atoms with Crippen molar-refractivity contribution < 1.29 is 5.11 Å². The molecule has 0 aromatic heterocycles. The molecule has 3 aliphatic rings. The number of rotatable bonds is 1. The second kappa shape index (κ2) is 5.38. The van der Waals surface area contributed by atoms with Crippen molar-refractivity contribution in [1.29, 1.82) is 0 Å². The van der Waals surface area contributed by atoms with Gasteiger partial charge in [0.2, 0.25) is 0 Å². The van der Waals surface area contributed by atoms with Crippen LogP contribution in [0, 0.1) is 28.6 Å². The van der Waals surface area contributed by atoms with Crippen molar-refractivity contribution >= 4 is 0 Å². The number of aliphatic hydroxyl groups excluding tert-OH is 1. The fraction of sp³-hybridized carbons (Fsp3) is 0.895. The monoisotopic (exact) mass is 291 g/mol. The molecule has 5 atom stereocenters. The van der Waals surface area contributed by atoms with Crippen molar-refractivity contribution in [2.24, 2.45) is 34.3 Å².